The number of hydrogen-bond donors (Lipinski definition) is 2. The van der Waals surface area contributed by atoms with Crippen LogP contribution in [0, 0.1) is 0 Å². The van der Waals surface area contributed by atoms with E-state index >= 15 is 0 Å². The summed E-state index contributed by atoms with van der Waals surface area (Å²) >= 11 is 0. The lowest BCUT2D eigenvalue weighted by molar-refractivity contribution is -0.123. The SMILES string of the molecule is CCCCCCCCCCCCCCCC(=O)NC(CN1CCCC1)C(O)c1ccc2c(c1)OCCCO2. The number of carbonyl (C=O) groups excluding carboxylic acids is 1. The fourth-order valence-electron chi connectivity index (χ4n) is 5.65. The molecule has 1 amide bonds. The van der Waals surface area contributed by atoms with Gasteiger partial charge in [-0.25, -0.2) is 0 Å². The van der Waals surface area contributed by atoms with Crippen LogP contribution in [0.2, 0.25) is 0 Å². The Bertz CT molecular complexity index is 781. The minimum absolute atomic E-state index is 0.0469. The van der Waals surface area contributed by atoms with Gasteiger partial charge in [0.25, 0.3) is 0 Å². The summed E-state index contributed by atoms with van der Waals surface area (Å²) in [6.45, 7) is 6.24. The van der Waals surface area contributed by atoms with Gasteiger partial charge in [0.2, 0.25) is 5.91 Å². The molecule has 38 heavy (non-hydrogen) atoms. The van der Waals surface area contributed by atoms with Crippen LogP contribution in [0.15, 0.2) is 18.2 Å². The fraction of sp³-hybridized carbons (Fsp3) is 0.781. The summed E-state index contributed by atoms with van der Waals surface area (Å²) < 4.78 is 11.6. The highest BCUT2D eigenvalue weighted by molar-refractivity contribution is 5.76. The maximum absolute atomic E-state index is 12.9. The topological polar surface area (TPSA) is 71.0 Å². The van der Waals surface area contributed by atoms with E-state index in [2.05, 4.69) is 17.1 Å². The van der Waals surface area contributed by atoms with Crippen LogP contribution in [0.5, 0.6) is 11.5 Å². The molecule has 1 fully saturated rings. The molecule has 2 atom stereocenters. The molecule has 3 rings (SSSR count). The third-order valence-corrected chi connectivity index (χ3v) is 8.00. The number of likely N-dealkylation sites (tertiary alicyclic amines) is 1. The van der Waals surface area contributed by atoms with Crippen molar-refractivity contribution in [1.82, 2.24) is 10.2 Å². The van der Waals surface area contributed by atoms with E-state index in [1.807, 2.05) is 18.2 Å². The molecule has 2 unspecified atom stereocenters. The van der Waals surface area contributed by atoms with Gasteiger partial charge in [0.15, 0.2) is 11.5 Å². The molecule has 0 spiro atoms. The summed E-state index contributed by atoms with van der Waals surface area (Å²) in [6, 6.07) is 5.31. The van der Waals surface area contributed by atoms with E-state index in [4.69, 9.17) is 9.47 Å². The van der Waals surface area contributed by atoms with Gasteiger partial charge in [0.1, 0.15) is 6.10 Å². The second-order valence-electron chi connectivity index (χ2n) is 11.4. The van der Waals surface area contributed by atoms with Crippen LogP contribution in [0.1, 0.15) is 128 Å². The summed E-state index contributed by atoms with van der Waals surface area (Å²) in [5, 5.41) is 14.5. The minimum Gasteiger partial charge on any atom is -0.490 e. The van der Waals surface area contributed by atoms with E-state index in [1.54, 1.807) is 0 Å². The average molecular weight is 531 g/mol. The number of amides is 1. The van der Waals surface area contributed by atoms with Gasteiger partial charge in [-0.2, -0.15) is 0 Å². The van der Waals surface area contributed by atoms with Crippen LogP contribution >= 0.6 is 0 Å². The van der Waals surface area contributed by atoms with Gasteiger partial charge in [-0.1, -0.05) is 90.0 Å². The normalized spacial score (nSPS) is 17.2. The molecule has 2 aliphatic heterocycles. The summed E-state index contributed by atoms with van der Waals surface area (Å²) in [6.07, 6.45) is 19.8. The summed E-state index contributed by atoms with van der Waals surface area (Å²) in [7, 11) is 0. The van der Waals surface area contributed by atoms with Gasteiger partial charge in [0.05, 0.1) is 19.3 Å². The number of nitrogens with zero attached hydrogens (tertiary/aromatic N) is 1. The summed E-state index contributed by atoms with van der Waals surface area (Å²) in [5.41, 5.74) is 0.764. The predicted octanol–water partition coefficient (Wildman–Crippen LogP) is 6.94. The number of benzene rings is 1. The number of carbonyl (C=O) groups is 1. The third kappa shape index (κ3) is 11.5. The zero-order valence-corrected chi connectivity index (χ0v) is 24.1. The van der Waals surface area contributed by atoms with Crippen LogP contribution in [0.4, 0.5) is 0 Å². The van der Waals surface area contributed by atoms with E-state index in [9.17, 15) is 9.90 Å². The zero-order valence-electron chi connectivity index (χ0n) is 24.1. The molecule has 1 saturated heterocycles. The number of fused-ring (bicyclic) bond motifs is 1. The molecule has 216 valence electrons. The Labute approximate surface area is 231 Å². The highest BCUT2D eigenvalue weighted by Gasteiger charge is 2.27. The van der Waals surface area contributed by atoms with Gasteiger partial charge in [-0.05, 0) is 50.0 Å². The van der Waals surface area contributed by atoms with Crippen molar-refractivity contribution in [1.29, 1.82) is 0 Å². The minimum atomic E-state index is -0.789. The Hall–Kier alpha value is -1.79. The monoisotopic (exact) mass is 530 g/mol. The van der Waals surface area contributed by atoms with Crippen molar-refractivity contribution in [2.75, 3.05) is 32.8 Å². The molecule has 6 heteroatoms. The highest BCUT2D eigenvalue weighted by Crippen LogP contribution is 2.33. The number of ether oxygens (including phenoxy) is 2. The number of hydrogen-bond acceptors (Lipinski definition) is 5. The Morgan fingerprint density at radius 1 is 0.842 bits per heavy atom. The second kappa shape index (κ2) is 18.5. The lowest BCUT2D eigenvalue weighted by Crippen LogP contribution is -2.46. The molecule has 6 nitrogen and oxygen atoms in total. The third-order valence-electron chi connectivity index (χ3n) is 8.00. The standard InChI is InChI=1S/C32H54N2O4/c1-2-3-4-5-6-7-8-9-10-11-12-13-14-18-31(35)33-28(26-34-21-15-16-22-34)32(36)27-19-20-29-30(25-27)38-24-17-23-37-29/h19-20,25,28,32,36H,2-18,21-24,26H2,1H3,(H,33,35). The first-order chi connectivity index (χ1) is 18.7. The first-order valence-corrected chi connectivity index (χ1v) is 15.8. The molecule has 2 N–H and O–H groups in total. The van der Waals surface area contributed by atoms with Crippen molar-refractivity contribution in [3.05, 3.63) is 23.8 Å². The molecule has 0 radical (unpaired) electrons. The van der Waals surface area contributed by atoms with Crippen LogP contribution in [0.3, 0.4) is 0 Å². The van der Waals surface area contributed by atoms with E-state index in [-0.39, 0.29) is 11.9 Å². The molecule has 0 bridgehead atoms. The number of aliphatic hydroxyl groups excluding tert-OH is 1. The van der Waals surface area contributed by atoms with E-state index in [0.29, 0.717) is 31.9 Å². The van der Waals surface area contributed by atoms with Gasteiger partial charge in [0, 0.05) is 19.4 Å². The van der Waals surface area contributed by atoms with Crippen molar-refractivity contribution in [2.24, 2.45) is 0 Å². The lowest BCUT2D eigenvalue weighted by Gasteiger charge is -2.29. The van der Waals surface area contributed by atoms with E-state index < -0.39 is 6.10 Å². The molecule has 0 saturated carbocycles. The maximum Gasteiger partial charge on any atom is 0.220 e. The molecule has 0 aromatic heterocycles. The second-order valence-corrected chi connectivity index (χ2v) is 11.4. The van der Waals surface area contributed by atoms with Gasteiger partial charge in [-0.15, -0.1) is 0 Å². The summed E-state index contributed by atoms with van der Waals surface area (Å²) in [5.74, 6) is 1.45. The quantitative estimate of drug-likeness (QED) is 0.190. The molecular formula is C32H54N2O4. The van der Waals surface area contributed by atoms with Crippen LogP contribution in [-0.4, -0.2) is 54.8 Å². The maximum atomic E-state index is 12.9. The van der Waals surface area contributed by atoms with Crippen LogP contribution < -0.4 is 14.8 Å². The van der Waals surface area contributed by atoms with Crippen molar-refractivity contribution in [3.8, 4) is 11.5 Å². The van der Waals surface area contributed by atoms with Gasteiger partial charge >= 0.3 is 0 Å². The zero-order chi connectivity index (χ0) is 26.8. The smallest absolute Gasteiger partial charge is 0.220 e. The van der Waals surface area contributed by atoms with E-state index in [1.165, 1.54) is 83.5 Å². The Morgan fingerprint density at radius 2 is 1.42 bits per heavy atom. The van der Waals surface area contributed by atoms with Gasteiger partial charge < -0.3 is 24.8 Å². The van der Waals surface area contributed by atoms with Crippen molar-refractivity contribution >= 4 is 5.91 Å². The number of rotatable bonds is 19. The Kier molecular flexibility index (Phi) is 15.0. The molecule has 2 aliphatic rings. The molecule has 2 heterocycles. The molecular weight excluding hydrogens is 476 g/mol. The van der Waals surface area contributed by atoms with Crippen molar-refractivity contribution in [3.63, 3.8) is 0 Å². The lowest BCUT2D eigenvalue weighted by atomic mass is 10.0. The Balaban J connectivity index is 1.36. The van der Waals surface area contributed by atoms with Crippen molar-refractivity contribution < 1.29 is 19.4 Å². The first kappa shape index (κ1) is 30.7. The highest BCUT2D eigenvalue weighted by atomic mass is 16.5. The van der Waals surface area contributed by atoms with Crippen molar-refractivity contribution in [2.45, 2.75) is 128 Å². The predicted molar refractivity (Wildman–Crippen MR) is 155 cm³/mol. The average Bonchev–Trinajstić information content (AvgIpc) is 3.32. The Morgan fingerprint density at radius 3 is 2.05 bits per heavy atom. The number of nitrogens with one attached hydrogen (secondary N) is 1. The van der Waals surface area contributed by atoms with Crippen LogP contribution in [0.25, 0.3) is 0 Å². The molecule has 1 aromatic rings. The number of unbranched alkanes of at least 4 members (excludes halogenated alkanes) is 12. The number of aliphatic hydroxyl groups is 1. The molecule has 1 aromatic carbocycles. The fourth-order valence-corrected chi connectivity index (χ4v) is 5.65. The largest absolute Gasteiger partial charge is 0.490 e. The van der Waals surface area contributed by atoms with E-state index in [0.717, 1.165) is 43.7 Å². The van der Waals surface area contributed by atoms with Crippen LogP contribution in [-0.2, 0) is 4.79 Å². The molecule has 0 aliphatic carbocycles. The first-order valence-electron chi connectivity index (χ1n) is 15.8. The van der Waals surface area contributed by atoms with Gasteiger partial charge in [-0.3, -0.25) is 4.79 Å². The summed E-state index contributed by atoms with van der Waals surface area (Å²) in [4.78, 5) is 15.2.